The van der Waals surface area contributed by atoms with Crippen molar-refractivity contribution in [2.75, 3.05) is 5.73 Å². The van der Waals surface area contributed by atoms with Crippen molar-refractivity contribution in [3.05, 3.63) is 39.8 Å². The number of thiazole rings is 1. The van der Waals surface area contributed by atoms with Crippen LogP contribution in [0, 0.1) is 25.2 Å². The van der Waals surface area contributed by atoms with Crippen molar-refractivity contribution in [1.29, 1.82) is 5.26 Å². The highest BCUT2D eigenvalue weighted by atomic mass is 32.1. The van der Waals surface area contributed by atoms with E-state index in [0.29, 0.717) is 5.56 Å². The summed E-state index contributed by atoms with van der Waals surface area (Å²) in [6.07, 6.45) is 0. The molecule has 0 unspecified atom stereocenters. The molecule has 0 fully saturated rings. The zero-order valence-corrected chi connectivity index (χ0v) is 13.2. The molecule has 0 radical (unpaired) electrons. The Morgan fingerprint density at radius 2 is 2.05 bits per heavy atom. The Kier molecular flexibility index (Phi) is 3.45. The van der Waals surface area contributed by atoms with Crippen LogP contribution in [-0.4, -0.2) is 9.97 Å². The van der Waals surface area contributed by atoms with E-state index in [1.54, 1.807) is 16.8 Å². The second kappa shape index (κ2) is 5.28. The van der Waals surface area contributed by atoms with E-state index < -0.39 is 0 Å². The first-order valence-corrected chi connectivity index (χ1v) is 8.03. The number of thiophene rings is 1. The molecular formula is C15H12N4S2. The maximum absolute atomic E-state index is 9.39. The molecule has 0 bridgehead atoms. The lowest BCUT2D eigenvalue weighted by Gasteiger charge is -2.09. The predicted molar refractivity (Wildman–Crippen MR) is 87.3 cm³/mol. The van der Waals surface area contributed by atoms with Gasteiger partial charge in [0, 0.05) is 10.4 Å². The van der Waals surface area contributed by atoms with Gasteiger partial charge in [-0.15, -0.1) is 22.7 Å². The number of nitrogens with two attached hydrogens (primary N) is 1. The molecule has 0 aliphatic heterocycles. The predicted octanol–water partition coefficient (Wildman–Crippen LogP) is 4.00. The maximum atomic E-state index is 9.39. The number of nitrogen functional groups attached to an aromatic ring is 1. The van der Waals surface area contributed by atoms with Gasteiger partial charge in [-0.05, 0) is 36.9 Å². The lowest BCUT2D eigenvalue weighted by atomic mass is 10.0. The molecule has 0 saturated carbocycles. The van der Waals surface area contributed by atoms with Crippen LogP contribution >= 0.6 is 22.7 Å². The van der Waals surface area contributed by atoms with Gasteiger partial charge in [0.1, 0.15) is 17.5 Å². The molecule has 3 rings (SSSR count). The van der Waals surface area contributed by atoms with Crippen LogP contribution in [-0.2, 0) is 0 Å². The fraction of sp³-hybridized carbons (Fsp3) is 0.133. The Hall–Kier alpha value is -2.23. The highest BCUT2D eigenvalue weighted by molar-refractivity contribution is 7.14. The lowest BCUT2D eigenvalue weighted by molar-refractivity contribution is 1.25. The Morgan fingerprint density at radius 1 is 1.24 bits per heavy atom. The molecule has 0 spiro atoms. The summed E-state index contributed by atoms with van der Waals surface area (Å²) in [5, 5.41) is 11.4. The monoisotopic (exact) mass is 312 g/mol. The average molecular weight is 312 g/mol. The summed E-state index contributed by atoms with van der Waals surface area (Å²) in [5.74, 6) is 0.269. The molecular weight excluding hydrogens is 300 g/mol. The van der Waals surface area contributed by atoms with Gasteiger partial charge >= 0.3 is 0 Å². The van der Waals surface area contributed by atoms with Crippen LogP contribution in [0.5, 0.6) is 0 Å². The molecule has 2 N–H and O–H groups in total. The fourth-order valence-electron chi connectivity index (χ4n) is 2.17. The standard InChI is InChI=1S/C15H12N4S2/c1-8-3-4-20-13(8)10-5-12(14-9(2)18-7-21-14)19-15(17)11(10)6-16/h3-5,7H,1-2H3,(H2,17,19). The number of anilines is 1. The third-order valence-corrected chi connectivity index (χ3v) is 5.24. The number of rotatable bonds is 2. The molecule has 21 heavy (non-hydrogen) atoms. The van der Waals surface area contributed by atoms with Gasteiger partial charge in [-0.2, -0.15) is 5.26 Å². The summed E-state index contributed by atoms with van der Waals surface area (Å²) in [6.45, 7) is 3.97. The smallest absolute Gasteiger partial charge is 0.142 e. The Labute approximate surface area is 130 Å². The Bertz CT molecular complexity index is 855. The van der Waals surface area contributed by atoms with E-state index in [-0.39, 0.29) is 5.82 Å². The summed E-state index contributed by atoms with van der Waals surface area (Å²) in [4.78, 5) is 10.7. The summed E-state index contributed by atoms with van der Waals surface area (Å²) >= 11 is 3.13. The van der Waals surface area contributed by atoms with Crippen molar-refractivity contribution < 1.29 is 0 Å². The zero-order chi connectivity index (χ0) is 15.0. The largest absolute Gasteiger partial charge is 0.383 e. The van der Waals surface area contributed by atoms with Crippen LogP contribution in [0.2, 0.25) is 0 Å². The van der Waals surface area contributed by atoms with E-state index in [1.165, 1.54) is 11.3 Å². The van der Waals surface area contributed by atoms with Gasteiger partial charge in [0.05, 0.1) is 21.8 Å². The lowest BCUT2D eigenvalue weighted by Crippen LogP contribution is -1.99. The molecule has 3 aromatic heterocycles. The Balaban J connectivity index is 2.29. The highest BCUT2D eigenvalue weighted by Gasteiger charge is 2.17. The van der Waals surface area contributed by atoms with Gasteiger partial charge < -0.3 is 5.73 Å². The first-order chi connectivity index (χ1) is 10.1. The average Bonchev–Trinajstić information content (AvgIpc) is 3.06. The van der Waals surface area contributed by atoms with Crippen LogP contribution in [0.25, 0.3) is 21.0 Å². The zero-order valence-electron chi connectivity index (χ0n) is 11.5. The van der Waals surface area contributed by atoms with Crippen LogP contribution in [0.4, 0.5) is 5.82 Å². The van der Waals surface area contributed by atoms with Crippen molar-refractivity contribution in [1.82, 2.24) is 9.97 Å². The van der Waals surface area contributed by atoms with E-state index in [2.05, 4.69) is 16.0 Å². The van der Waals surface area contributed by atoms with Crippen molar-refractivity contribution in [2.45, 2.75) is 13.8 Å². The summed E-state index contributed by atoms with van der Waals surface area (Å²) in [7, 11) is 0. The first kappa shape index (κ1) is 13.7. The molecule has 4 nitrogen and oxygen atoms in total. The fourth-order valence-corrected chi connectivity index (χ4v) is 3.89. The number of nitriles is 1. The van der Waals surface area contributed by atoms with Crippen molar-refractivity contribution in [3.63, 3.8) is 0 Å². The third-order valence-electron chi connectivity index (χ3n) is 3.24. The maximum Gasteiger partial charge on any atom is 0.142 e. The van der Waals surface area contributed by atoms with Crippen LogP contribution in [0.15, 0.2) is 23.0 Å². The van der Waals surface area contributed by atoms with Gasteiger partial charge in [-0.25, -0.2) is 9.97 Å². The molecule has 0 saturated heterocycles. The number of hydrogen-bond donors (Lipinski definition) is 1. The summed E-state index contributed by atoms with van der Waals surface area (Å²) in [6, 6.07) is 6.15. The number of aryl methyl sites for hydroxylation is 2. The molecule has 6 heteroatoms. The van der Waals surface area contributed by atoms with Gasteiger partial charge in [0.15, 0.2) is 0 Å². The van der Waals surface area contributed by atoms with Crippen LogP contribution < -0.4 is 5.73 Å². The second-order valence-electron chi connectivity index (χ2n) is 4.63. The van der Waals surface area contributed by atoms with E-state index >= 15 is 0 Å². The van der Waals surface area contributed by atoms with Crippen molar-refractivity contribution >= 4 is 28.5 Å². The Morgan fingerprint density at radius 3 is 2.62 bits per heavy atom. The molecule has 0 atom stereocenters. The van der Waals surface area contributed by atoms with Gasteiger partial charge in [-0.3, -0.25) is 0 Å². The van der Waals surface area contributed by atoms with Crippen LogP contribution in [0.1, 0.15) is 16.8 Å². The van der Waals surface area contributed by atoms with Gasteiger partial charge in [0.25, 0.3) is 0 Å². The molecule has 0 amide bonds. The normalized spacial score (nSPS) is 10.5. The first-order valence-electron chi connectivity index (χ1n) is 6.27. The minimum Gasteiger partial charge on any atom is -0.383 e. The third kappa shape index (κ3) is 2.31. The van der Waals surface area contributed by atoms with Crippen molar-refractivity contribution in [3.8, 4) is 27.1 Å². The van der Waals surface area contributed by atoms with Crippen LogP contribution in [0.3, 0.4) is 0 Å². The minimum atomic E-state index is 0.269. The summed E-state index contributed by atoms with van der Waals surface area (Å²) < 4.78 is 0. The topological polar surface area (TPSA) is 75.6 Å². The molecule has 0 aromatic carbocycles. The van der Waals surface area contributed by atoms with Crippen molar-refractivity contribution in [2.24, 2.45) is 0 Å². The van der Waals surface area contributed by atoms with E-state index in [9.17, 15) is 5.26 Å². The molecule has 104 valence electrons. The van der Waals surface area contributed by atoms with E-state index in [0.717, 1.165) is 32.3 Å². The number of hydrogen-bond acceptors (Lipinski definition) is 6. The number of nitrogens with zero attached hydrogens (tertiary/aromatic N) is 3. The van der Waals surface area contributed by atoms with E-state index in [1.807, 2.05) is 31.4 Å². The van der Waals surface area contributed by atoms with Gasteiger partial charge in [0.2, 0.25) is 0 Å². The molecule has 0 aliphatic carbocycles. The molecule has 3 aromatic rings. The molecule has 3 heterocycles. The number of aromatic nitrogens is 2. The molecule has 0 aliphatic rings. The quantitative estimate of drug-likeness (QED) is 0.776. The summed E-state index contributed by atoms with van der Waals surface area (Å²) in [5.41, 5.74) is 11.9. The SMILES string of the molecule is Cc1ccsc1-c1cc(-c2scnc2C)nc(N)c1C#N. The van der Waals surface area contributed by atoms with E-state index in [4.69, 9.17) is 5.73 Å². The minimum absolute atomic E-state index is 0.269. The highest BCUT2D eigenvalue weighted by Crippen LogP contribution is 2.37. The van der Waals surface area contributed by atoms with Gasteiger partial charge in [-0.1, -0.05) is 0 Å². The second-order valence-corrected chi connectivity index (χ2v) is 6.40. The number of pyridine rings is 1.